The molecule has 0 bridgehead atoms. The van der Waals surface area contributed by atoms with E-state index in [-0.39, 0.29) is 0 Å². The number of hydrogen-bond acceptors (Lipinski definition) is 2. The number of hydrogen-bond donors (Lipinski definition) is 2. The Morgan fingerprint density at radius 1 is 1.25 bits per heavy atom. The van der Waals surface area contributed by atoms with Gasteiger partial charge in [0.2, 0.25) is 0 Å². The second-order valence-electron chi connectivity index (χ2n) is 4.15. The van der Waals surface area contributed by atoms with E-state index in [2.05, 4.69) is 6.92 Å². The zero-order valence-corrected chi connectivity index (χ0v) is 8.85. The third kappa shape index (κ3) is 2.76. The average molecular weight is 173 g/mol. The normalized spacial score (nSPS) is 21.5. The minimum Gasteiger partial charge on any atom is -0.388 e. The highest BCUT2D eigenvalue weighted by molar-refractivity contribution is 4.96. The van der Waals surface area contributed by atoms with Crippen LogP contribution in [-0.4, -0.2) is 16.2 Å². The molecule has 0 saturated heterocycles. The van der Waals surface area contributed by atoms with Crippen molar-refractivity contribution in [3.8, 4) is 0 Å². The molecule has 74 valence electrons. The van der Waals surface area contributed by atoms with E-state index < -0.39 is 11.1 Å². The van der Waals surface area contributed by atoms with Crippen molar-refractivity contribution in [2.24, 2.45) is 5.73 Å². The van der Waals surface area contributed by atoms with Gasteiger partial charge in [-0.05, 0) is 26.7 Å². The summed E-state index contributed by atoms with van der Waals surface area (Å²) in [6.45, 7) is 7.86. The molecule has 3 N–H and O–H groups in total. The van der Waals surface area contributed by atoms with E-state index in [4.69, 9.17) is 5.73 Å². The summed E-state index contributed by atoms with van der Waals surface area (Å²) in [4.78, 5) is 0. The summed E-state index contributed by atoms with van der Waals surface area (Å²) in [6, 6.07) is 0. The van der Waals surface area contributed by atoms with E-state index in [1.54, 1.807) is 0 Å². The molecule has 2 nitrogen and oxygen atoms in total. The topological polar surface area (TPSA) is 46.2 Å². The van der Waals surface area contributed by atoms with Crippen LogP contribution < -0.4 is 5.73 Å². The lowest BCUT2D eigenvalue weighted by Gasteiger charge is -2.39. The van der Waals surface area contributed by atoms with Gasteiger partial charge in [-0.1, -0.05) is 26.7 Å². The highest BCUT2D eigenvalue weighted by Gasteiger charge is 2.37. The summed E-state index contributed by atoms with van der Waals surface area (Å²) in [5.41, 5.74) is 4.86. The average Bonchev–Trinajstić information content (AvgIpc) is 2.00. The van der Waals surface area contributed by atoms with E-state index in [1.807, 2.05) is 20.8 Å². The van der Waals surface area contributed by atoms with Crippen molar-refractivity contribution in [3.05, 3.63) is 0 Å². The van der Waals surface area contributed by atoms with Crippen molar-refractivity contribution in [1.29, 1.82) is 0 Å². The molecule has 0 fully saturated rings. The first-order chi connectivity index (χ1) is 5.37. The molecule has 0 aliphatic carbocycles. The molecule has 12 heavy (non-hydrogen) atoms. The minimum absolute atomic E-state index is 0.447. The van der Waals surface area contributed by atoms with Crippen LogP contribution in [0.2, 0.25) is 0 Å². The molecule has 0 saturated carbocycles. The van der Waals surface area contributed by atoms with Crippen molar-refractivity contribution in [2.75, 3.05) is 0 Å². The molecule has 2 heteroatoms. The van der Waals surface area contributed by atoms with Crippen molar-refractivity contribution < 1.29 is 5.11 Å². The fourth-order valence-corrected chi connectivity index (χ4v) is 1.22. The smallest absolute Gasteiger partial charge is 0.0793 e. The second kappa shape index (κ2) is 4.24. The molecule has 0 aliphatic heterocycles. The largest absolute Gasteiger partial charge is 0.388 e. The van der Waals surface area contributed by atoms with Crippen LogP contribution >= 0.6 is 0 Å². The molecule has 0 aliphatic rings. The van der Waals surface area contributed by atoms with Crippen LogP contribution in [0.1, 0.15) is 53.4 Å². The third-order valence-electron chi connectivity index (χ3n) is 2.97. The summed E-state index contributed by atoms with van der Waals surface area (Å²) in [5.74, 6) is 0. The van der Waals surface area contributed by atoms with Gasteiger partial charge in [-0.3, -0.25) is 0 Å². The molecule has 0 rings (SSSR count). The van der Waals surface area contributed by atoms with Crippen molar-refractivity contribution in [2.45, 2.75) is 64.5 Å². The Kier molecular flexibility index (Phi) is 4.21. The van der Waals surface area contributed by atoms with Crippen LogP contribution in [0.5, 0.6) is 0 Å². The maximum atomic E-state index is 9.95. The van der Waals surface area contributed by atoms with Crippen LogP contribution in [0.3, 0.4) is 0 Å². The first kappa shape index (κ1) is 11.9. The van der Waals surface area contributed by atoms with E-state index in [0.29, 0.717) is 6.42 Å². The zero-order chi connectivity index (χ0) is 9.83. The number of unbranched alkanes of at least 4 members (excludes halogenated alkanes) is 1. The Bertz CT molecular complexity index is 130. The van der Waals surface area contributed by atoms with Gasteiger partial charge in [0, 0.05) is 5.54 Å². The number of aliphatic hydroxyl groups is 1. The Hall–Kier alpha value is -0.0800. The van der Waals surface area contributed by atoms with E-state index in [1.165, 1.54) is 0 Å². The predicted molar refractivity (Wildman–Crippen MR) is 53.0 cm³/mol. The molecular weight excluding hydrogens is 150 g/mol. The first-order valence-corrected chi connectivity index (χ1v) is 4.88. The summed E-state index contributed by atoms with van der Waals surface area (Å²) >= 11 is 0. The SMILES string of the molecule is CCCCC(C)(N)C(C)(O)CC. The van der Waals surface area contributed by atoms with Gasteiger partial charge in [0.1, 0.15) is 0 Å². The highest BCUT2D eigenvalue weighted by atomic mass is 16.3. The van der Waals surface area contributed by atoms with Gasteiger partial charge in [-0.25, -0.2) is 0 Å². The van der Waals surface area contributed by atoms with Gasteiger partial charge in [-0.2, -0.15) is 0 Å². The lowest BCUT2D eigenvalue weighted by atomic mass is 9.78. The molecule has 0 aromatic rings. The lowest BCUT2D eigenvalue weighted by Crippen LogP contribution is -2.56. The second-order valence-corrected chi connectivity index (χ2v) is 4.15. The fourth-order valence-electron chi connectivity index (χ4n) is 1.22. The highest BCUT2D eigenvalue weighted by Crippen LogP contribution is 2.27. The summed E-state index contributed by atoms with van der Waals surface area (Å²) in [7, 11) is 0. The molecule has 2 atom stereocenters. The molecule has 0 amide bonds. The standard InChI is InChI=1S/C10H23NO/c1-5-7-8-9(3,11)10(4,12)6-2/h12H,5-8,11H2,1-4H3. The minimum atomic E-state index is -0.734. The summed E-state index contributed by atoms with van der Waals surface area (Å²) < 4.78 is 0. The lowest BCUT2D eigenvalue weighted by molar-refractivity contribution is -0.0195. The van der Waals surface area contributed by atoms with Crippen LogP contribution in [0.25, 0.3) is 0 Å². The van der Waals surface area contributed by atoms with Crippen LogP contribution in [0, 0.1) is 0 Å². The van der Waals surface area contributed by atoms with Crippen LogP contribution in [-0.2, 0) is 0 Å². The van der Waals surface area contributed by atoms with Crippen molar-refractivity contribution >= 4 is 0 Å². The Morgan fingerprint density at radius 3 is 2.08 bits per heavy atom. The molecule has 2 unspecified atom stereocenters. The molecule has 0 aromatic carbocycles. The fraction of sp³-hybridized carbons (Fsp3) is 1.00. The molecule has 0 heterocycles. The number of nitrogens with two attached hydrogens (primary N) is 1. The summed E-state index contributed by atoms with van der Waals surface area (Å²) in [6.07, 6.45) is 3.82. The van der Waals surface area contributed by atoms with Crippen LogP contribution in [0.15, 0.2) is 0 Å². The van der Waals surface area contributed by atoms with Gasteiger partial charge < -0.3 is 10.8 Å². The first-order valence-electron chi connectivity index (χ1n) is 4.88. The zero-order valence-electron chi connectivity index (χ0n) is 8.85. The Labute approximate surface area is 76.2 Å². The molecule has 0 aromatic heterocycles. The third-order valence-corrected chi connectivity index (χ3v) is 2.97. The van der Waals surface area contributed by atoms with E-state index in [0.717, 1.165) is 19.3 Å². The maximum absolute atomic E-state index is 9.95. The maximum Gasteiger partial charge on any atom is 0.0793 e. The molecule has 0 radical (unpaired) electrons. The van der Waals surface area contributed by atoms with Gasteiger partial charge >= 0.3 is 0 Å². The van der Waals surface area contributed by atoms with Crippen molar-refractivity contribution in [3.63, 3.8) is 0 Å². The summed E-state index contributed by atoms with van der Waals surface area (Å²) in [5, 5.41) is 9.95. The van der Waals surface area contributed by atoms with Gasteiger partial charge in [0.05, 0.1) is 5.60 Å². The molecular formula is C10H23NO. The Morgan fingerprint density at radius 2 is 1.75 bits per heavy atom. The van der Waals surface area contributed by atoms with Gasteiger partial charge in [0.15, 0.2) is 0 Å². The van der Waals surface area contributed by atoms with Crippen molar-refractivity contribution in [1.82, 2.24) is 0 Å². The van der Waals surface area contributed by atoms with Gasteiger partial charge in [0.25, 0.3) is 0 Å². The van der Waals surface area contributed by atoms with Crippen LogP contribution in [0.4, 0.5) is 0 Å². The molecule has 0 spiro atoms. The Balaban J connectivity index is 4.17. The van der Waals surface area contributed by atoms with E-state index in [9.17, 15) is 5.11 Å². The quantitative estimate of drug-likeness (QED) is 0.668. The predicted octanol–water partition coefficient (Wildman–Crippen LogP) is 2.05. The van der Waals surface area contributed by atoms with Gasteiger partial charge in [-0.15, -0.1) is 0 Å². The monoisotopic (exact) mass is 173 g/mol. The number of rotatable bonds is 5. The van der Waals surface area contributed by atoms with E-state index >= 15 is 0 Å².